The van der Waals surface area contributed by atoms with E-state index in [4.69, 9.17) is 0 Å². The van der Waals surface area contributed by atoms with Crippen molar-refractivity contribution < 1.29 is 31.3 Å². The minimum Gasteiger partial charge on any atom is -0.334 e. The van der Waals surface area contributed by atoms with Gasteiger partial charge < -0.3 is 4.98 Å². The minimum absolute atomic E-state index is 0. The molecule has 2 aromatic rings. The number of non-ortho nitro benzene ring substituents is 1. The number of hydrogen-bond acceptors (Lipinski definition) is 3. The Hall–Kier alpha value is -1.33. The van der Waals surface area contributed by atoms with Crippen LogP contribution in [-0.2, 0) is 12.4 Å². The predicted molar refractivity (Wildman–Crippen MR) is 58.5 cm³/mol. The van der Waals surface area contributed by atoms with Crippen LogP contribution in [0.15, 0.2) is 12.1 Å². The Morgan fingerprint density at radius 2 is 1.67 bits per heavy atom. The maximum atomic E-state index is 12.5. The molecule has 2 rings (SSSR count). The van der Waals surface area contributed by atoms with Crippen molar-refractivity contribution in [2.75, 3.05) is 0 Å². The van der Waals surface area contributed by atoms with Crippen LogP contribution in [0.2, 0.25) is 0 Å². The molecule has 0 amide bonds. The average molecular weight is 322 g/mol. The number of aromatic amines is 1. The quantitative estimate of drug-likeness (QED) is 0.379. The van der Waals surface area contributed by atoms with Crippen molar-refractivity contribution in [3.63, 3.8) is 0 Å². The molecule has 1 heterocycles. The zero-order chi connectivity index (χ0) is 15.3. The number of benzene rings is 1. The molecule has 0 aliphatic rings. The fraction of sp³-hybridized carbons (Fsp3) is 0.222. The molecule has 1 aromatic carbocycles. The number of alkyl halides is 6. The van der Waals surface area contributed by atoms with E-state index < -0.39 is 45.4 Å². The molecule has 0 bridgehead atoms. The van der Waals surface area contributed by atoms with Gasteiger partial charge in [-0.2, -0.15) is 26.3 Å². The fourth-order valence-corrected chi connectivity index (χ4v) is 1.54. The van der Waals surface area contributed by atoms with Crippen LogP contribution in [0.3, 0.4) is 0 Å². The number of nitro benzene ring substituents is 1. The summed E-state index contributed by atoms with van der Waals surface area (Å²) in [6.45, 7) is 0. The van der Waals surface area contributed by atoms with Crippen LogP contribution in [0.4, 0.5) is 32.0 Å². The van der Waals surface area contributed by atoms with Crippen LogP contribution in [0.5, 0.6) is 0 Å². The van der Waals surface area contributed by atoms with Crippen molar-refractivity contribution in [1.29, 1.82) is 0 Å². The summed E-state index contributed by atoms with van der Waals surface area (Å²) in [7, 11) is 0. The monoisotopic (exact) mass is 322 g/mol. The zero-order valence-corrected chi connectivity index (χ0v) is 12.1. The van der Waals surface area contributed by atoms with Gasteiger partial charge >= 0.3 is 12.4 Å². The van der Waals surface area contributed by atoms with E-state index in [-0.39, 0.29) is 35.6 Å². The summed E-state index contributed by atoms with van der Waals surface area (Å²) in [6, 6.07) is 0.480. The molecule has 1 N–H and O–H groups in total. The number of imidazole rings is 1. The predicted octanol–water partition coefficient (Wildman–Crippen LogP) is 3.13. The third kappa shape index (κ3) is 3.47. The van der Waals surface area contributed by atoms with Crippen LogP contribution in [0.1, 0.15) is 11.4 Å². The van der Waals surface area contributed by atoms with E-state index in [0.717, 1.165) is 0 Å². The second kappa shape index (κ2) is 5.46. The van der Waals surface area contributed by atoms with Gasteiger partial charge in [0.2, 0.25) is 5.82 Å². The number of nitrogens with zero attached hydrogens (tertiary/aromatic N) is 2. The molecular weight excluding hydrogens is 319 g/mol. The molecule has 1 radical (unpaired) electrons. The number of nitrogens with one attached hydrogen (secondary N) is 1. The first-order valence-corrected chi connectivity index (χ1v) is 4.82. The van der Waals surface area contributed by atoms with Gasteiger partial charge in [-0.25, -0.2) is 4.98 Å². The molecule has 109 valence electrons. The average Bonchev–Trinajstić information content (AvgIpc) is 2.68. The molecule has 0 saturated heterocycles. The first-order valence-electron chi connectivity index (χ1n) is 4.82. The van der Waals surface area contributed by atoms with E-state index in [9.17, 15) is 36.5 Å². The van der Waals surface area contributed by atoms with E-state index in [0.29, 0.717) is 6.07 Å². The van der Waals surface area contributed by atoms with Gasteiger partial charge in [-0.1, -0.05) is 0 Å². The van der Waals surface area contributed by atoms with Crippen molar-refractivity contribution in [1.82, 2.24) is 9.97 Å². The number of halogens is 6. The normalized spacial score (nSPS) is 12.3. The number of fused-ring (bicyclic) bond motifs is 1. The summed E-state index contributed by atoms with van der Waals surface area (Å²) in [5.74, 6) is -1.60. The zero-order valence-electron chi connectivity index (χ0n) is 10.1. The number of aromatic nitrogens is 2. The van der Waals surface area contributed by atoms with Gasteiger partial charge in [0.15, 0.2) is 5.52 Å². The van der Waals surface area contributed by atoms with Gasteiger partial charge in [0, 0.05) is 35.6 Å². The summed E-state index contributed by atoms with van der Waals surface area (Å²) in [5.41, 5.74) is -4.08. The van der Waals surface area contributed by atoms with Crippen LogP contribution in [0.25, 0.3) is 11.0 Å². The molecule has 0 aliphatic heterocycles. The molecule has 0 fully saturated rings. The molecular formula is C9H3F6N3NaO2. The van der Waals surface area contributed by atoms with E-state index >= 15 is 0 Å². The second-order valence-corrected chi connectivity index (χ2v) is 3.73. The van der Waals surface area contributed by atoms with E-state index in [1.165, 1.54) is 0 Å². The van der Waals surface area contributed by atoms with Gasteiger partial charge in [0.25, 0.3) is 5.69 Å². The smallest absolute Gasteiger partial charge is 0.334 e. The summed E-state index contributed by atoms with van der Waals surface area (Å²) >= 11 is 0. The van der Waals surface area contributed by atoms with Gasteiger partial charge in [-0.05, 0) is 6.07 Å². The van der Waals surface area contributed by atoms with Crippen LogP contribution in [0, 0.1) is 10.1 Å². The molecule has 12 heteroatoms. The molecule has 0 atom stereocenters. The van der Waals surface area contributed by atoms with Gasteiger partial charge in [0.05, 0.1) is 16.0 Å². The van der Waals surface area contributed by atoms with Gasteiger partial charge in [-0.15, -0.1) is 0 Å². The molecule has 0 saturated carbocycles. The Kier molecular flexibility index (Phi) is 4.61. The van der Waals surface area contributed by atoms with Crippen LogP contribution < -0.4 is 0 Å². The Labute approximate surface area is 133 Å². The van der Waals surface area contributed by atoms with E-state index in [1.807, 2.05) is 0 Å². The largest absolute Gasteiger partial charge is 0.449 e. The first-order chi connectivity index (χ1) is 9.00. The van der Waals surface area contributed by atoms with Crippen LogP contribution >= 0.6 is 0 Å². The van der Waals surface area contributed by atoms with Gasteiger partial charge in [0.1, 0.15) is 0 Å². The number of hydrogen-bond donors (Lipinski definition) is 1. The topological polar surface area (TPSA) is 71.8 Å². The molecule has 0 aliphatic carbocycles. The van der Waals surface area contributed by atoms with E-state index in [2.05, 4.69) is 4.98 Å². The SMILES string of the molecule is O=[N+]([O-])c1cc(C(F)(F)F)cc2[nH]c(C(F)(F)F)nc12.[Na]. The summed E-state index contributed by atoms with van der Waals surface area (Å²) in [6.07, 6.45) is -9.88. The van der Waals surface area contributed by atoms with Crippen molar-refractivity contribution in [2.45, 2.75) is 12.4 Å². The van der Waals surface area contributed by atoms with Crippen molar-refractivity contribution in [3.05, 3.63) is 33.6 Å². The van der Waals surface area contributed by atoms with Crippen molar-refractivity contribution in [2.24, 2.45) is 0 Å². The van der Waals surface area contributed by atoms with Gasteiger partial charge in [-0.3, -0.25) is 10.1 Å². The van der Waals surface area contributed by atoms with Crippen LogP contribution in [-0.4, -0.2) is 44.4 Å². The number of H-pyrrole nitrogens is 1. The maximum Gasteiger partial charge on any atom is 0.449 e. The van der Waals surface area contributed by atoms with Crippen molar-refractivity contribution >= 4 is 46.3 Å². The standard InChI is InChI=1S/C9H3F6N3O2.Na/c10-8(11,12)3-1-4-6(5(2-3)18(19)20)17-7(16-4)9(13,14)15;/h1-2H,(H,16,17);. The number of nitro groups is 1. The summed E-state index contributed by atoms with van der Waals surface area (Å²) in [4.78, 5) is 14.0. The summed E-state index contributed by atoms with van der Waals surface area (Å²) < 4.78 is 74.8. The third-order valence-electron chi connectivity index (χ3n) is 2.36. The Morgan fingerprint density at radius 1 is 1.10 bits per heavy atom. The Balaban J connectivity index is 0.00000220. The molecule has 21 heavy (non-hydrogen) atoms. The minimum atomic E-state index is -4.95. The fourth-order valence-electron chi connectivity index (χ4n) is 1.54. The third-order valence-corrected chi connectivity index (χ3v) is 2.36. The van der Waals surface area contributed by atoms with E-state index in [1.54, 1.807) is 4.98 Å². The summed E-state index contributed by atoms with van der Waals surface area (Å²) in [5, 5.41) is 10.7. The van der Waals surface area contributed by atoms with Crippen molar-refractivity contribution in [3.8, 4) is 0 Å². The molecule has 0 unspecified atom stereocenters. The molecule has 0 spiro atoms. The number of rotatable bonds is 1. The molecule has 5 nitrogen and oxygen atoms in total. The first kappa shape index (κ1) is 17.7. The maximum absolute atomic E-state index is 12.5. The second-order valence-electron chi connectivity index (χ2n) is 3.73. The Bertz CT molecular complexity index is 693. The Morgan fingerprint density at radius 3 is 2.10 bits per heavy atom. The molecule has 1 aromatic heterocycles.